The van der Waals surface area contributed by atoms with E-state index in [2.05, 4.69) is 19.3 Å². The molecule has 5 rings (SSSR count). The first-order valence-corrected chi connectivity index (χ1v) is 8.90. The van der Waals surface area contributed by atoms with Crippen LogP contribution in [0.15, 0.2) is 16.6 Å². The van der Waals surface area contributed by atoms with Crippen LogP contribution in [0.3, 0.4) is 0 Å². The van der Waals surface area contributed by atoms with E-state index in [4.69, 9.17) is 21.1 Å². The topological polar surface area (TPSA) is 137 Å². The number of halogens is 1. The number of hydrogen-bond acceptors (Lipinski definition) is 9. The average Bonchev–Trinajstić information content (AvgIpc) is 3.18. The second-order valence-electron chi connectivity index (χ2n) is 4.51. The molecule has 0 fully saturated rings. The van der Waals surface area contributed by atoms with Crippen molar-refractivity contribution in [2.45, 2.75) is 0 Å². The summed E-state index contributed by atoms with van der Waals surface area (Å²) in [6.07, 6.45) is 2.05. The number of imidazole rings is 1. The summed E-state index contributed by atoms with van der Waals surface area (Å²) in [5.41, 5.74) is 1.11. The molecule has 14 heteroatoms. The molecule has 0 aromatic carbocycles. The summed E-state index contributed by atoms with van der Waals surface area (Å²) in [7, 11) is -0.108. The zero-order chi connectivity index (χ0) is 18.8. The van der Waals surface area contributed by atoms with Crippen molar-refractivity contribution in [2.75, 3.05) is 19.5 Å². The molecule has 2 amide bonds. The number of amides is 2. The second-order valence-corrected chi connectivity index (χ2v) is 6.50. The summed E-state index contributed by atoms with van der Waals surface area (Å²) in [5, 5.41) is 2.70. The third-order valence-electron chi connectivity index (χ3n) is 2.99. The van der Waals surface area contributed by atoms with Gasteiger partial charge in [-0.15, -0.1) is 0 Å². The summed E-state index contributed by atoms with van der Waals surface area (Å²) in [4.78, 5) is 24.8. The van der Waals surface area contributed by atoms with Gasteiger partial charge in [-0.05, 0) is 0 Å². The predicted molar refractivity (Wildman–Crippen MR) is 92.6 cm³/mol. The van der Waals surface area contributed by atoms with Gasteiger partial charge in [-0.1, -0.05) is 27.3 Å². The van der Waals surface area contributed by atoms with E-state index in [1.165, 1.54) is 25.2 Å². The number of carbonyl (C=O) groups excluding carboxylic acids is 1. The number of carbonyl (C=O) groups is 1. The molecule has 3 aromatic rings. The Morgan fingerprint density at radius 2 is 1.92 bits per heavy atom. The lowest BCUT2D eigenvalue weighted by Gasteiger charge is -2.05. The van der Waals surface area contributed by atoms with Gasteiger partial charge in [0, 0.05) is 6.20 Å². The van der Waals surface area contributed by atoms with Crippen LogP contribution >= 0.6 is 22.9 Å². The molecule has 0 radical (unpaired) electrons. The van der Waals surface area contributed by atoms with Crippen LogP contribution < -0.4 is 14.8 Å². The highest BCUT2D eigenvalue weighted by molar-refractivity contribution is 7.62. The minimum atomic E-state index is -2.84. The highest BCUT2D eigenvalue weighted by Crippen LogP contribution is 2.43. The molecule has 0 spiro atoms. The Kier molecular flexibility index (Phi) is 5.01. The van der Waals surface area contributed by atoms with Crippen molar-refractivity contribution in [3.63, 3.8) is 0 Å². The first-order chi connectivity index (χ1) is 12.4. The maximum Gasteiger partial charge on any atom is 0.362 e. The van der Waals surface area contributed by atoms with Crippen molar-refractivity contribution in [3.8, 4) is 22.3 Å². The van der Waals surface area contributed by atoms with E-state index in [1.54, 1.807) is 11.3 Å². The van der Waals surface area contributed by atoms with Crippen molar-refractivity contribution >= 4 is 50.4 Å². The number of methoxy groups -OCH3 is 2. The summed E-state index contributed by atoms with van der Waals surface area (Å²) < 4.78 is 34.6. The van der Waals surface area contributed by atoms with Gasteiger partial charge in [-0.25, -0.2) is 9.78 Å². The minimum absolute atomic E-state index is 0.149. The third kappa shape index (κ3) is 3.58. The molecule has 136 valence electrons. The summed E-state index contributed by atoms with van der Waals surface area (Å²) >= 11 is 7.42. The van der Waals surface area contributed by atoms with Crippen LogP contribution in [0.4, 0.5) is 10.7 Å². The Hall–Kier alpha value is -2.77. The Balaban J connectivity index is 0.000000178. The quantitative estimate of drug-likeness (QED) is 0.536. The molecule has 1 N–H and O–H groups in total. The van der Waals surface area contributed by atoms with Gasteiger partial charge in [0.25, 0.3) is 0 Å². The fourth-order valence-electron chi connectivity index (χ4n) is 1.94. The van der Waals surface area contributed by atoms with Gasteiger partial charge in [0.2, 0.25) is 17.7 Å². The summed E-state index contributed by atoms with van der Waals surface area (Å²) in [5.74, 6) is 0.117. The molecule has 5 heterocycles. The van der Waals surface area contributed by atoms with E-state index in [-0.39, 0.29) is 17.7 Å². The average molecular weight is 417 g/mol. The van der Waals surface area contributed by atoms with Gasteiger partial charge in [0.15, 0.2) is 10.1 Å². The highest BCUT2D eigenvalue weighted by atomic mass is 35.5. The molecule has 4 bridgehead atoms. The first kappa shape index (κ1) is 18.0. The van der Waals surface area contributed by atoms with Gasteiger partial charge in [0.05, 0.1) is 25.2 Å². The maximum atomic E-state index is 11.0. The molecule has 0 atom stereocenters. The van der Waals surface area contributed by atoms with E-state index in [0.29, 0.717) is 5.15 Å². The fourth-order valence-corrected chi connectivity index (χ4v) is 3.52. The lowest BCUT2D eigenvalue weighted by atomic mass is 10.3. The van der Waals surface area contributed by atoms with Gasteiger partial charge >= 0.3 is 16.5 Å². The smallest absolute Gasteiger partial charge is 0.362 e. The number of urea groups is 1. The van der Waals surface area contributed by atoms with Crippen LogP contribution in [0.2, 0.25) is 5.15 Å². The molecule has 3 aromatic heterocycles. The Morgan fingerprint density at radius 1 is 1.27 bits per heavy atom. The Morgan fingerprint density at radius 3 is 2.35 bits per heavy atom. The van der Waals surface area contributed by atoms with E-state index in [9.17, 15) is 13.2 Å². The van der Waals surface area contributed by atoms with Gasteiger partial charge < -0.3 is 9.47 Å². The van der Waals surface area contributed by atoms with Crippen LogP contribution in [0.1, 0.15) is 0 Å². The number of ether oxygens (including phenoxy) is 2. The Labute approximate surface area is 156 Å². The monoisotopic (exact) mass is 416 g/mol. The Bertz CT molecular complexity index is 1110. The number of nitrogens with zero attached hydrogens (tertiary/aromatic N) is 5. The molecule has 2 aliphatic heterocycles. The van der Waals surface area contributed by atoms with Crippen molar-refractivity contribution in [2.24, 2.45) is 4.36 Å². The fraction of sp³-hybridized carbons (Fsp3) is 0.167. The molecule has 0 unspecified atom stereocenters. The normalized spacial score (nSPS) is 10.6. The predicted octanol–water partition coefficient (Wildman–Crippen LogP) is 2.12. The first-order valence-electron chi connectivity index (χ1n) is 6.68. The molecular weight excluding hydrogens is 408 g/mol. The van der Waals surface area contributed by atoms with E-state index in [1.807, 2.05) is 15.9 Å². The number of thiazole rings is 2. The molecular formula is C12H9ClN6O5S2. The van der Waals surface area contributed by atoms with Crippen molar-refractivity contribution in [3.05, 3.63) is 17.4 Å². The van der Waals surface area contributed by atoms with Gasteiger partial charge in [-0.3, -0.25) is 9.72 Å². The molecule has 2 aliphatic rings. The number of rotatable bonds is 3. The van der Waals surface area contributed by atoms with Gasteiger partial charge in [0.1, 0.15) is 5.69 Å². The van der Waals surface area contributed by atoms with E-state index < -0.39 is 16.5 Å². The van der Waals surface area contributed by atoms with Crippen LogP contribution in [-0.2, 0) is 10.5 Å². The number of anilines is 1. The molecule has 0 saturated carbocycles. The standard InChI is InChI=1S/C7H8N4O5S.C5HClN2S/c1-15-4-3-5(16-2)9-6(8-4)10-7(12)11-17(13)14;6-4-3-2-1-8(3)5(7-4)9-2/h3H,1-2H3,(H,8,9,10,12);1H. The SMILES string of the molecule is COc1cc(OC)nc(NC(=O)N=S(=O)=O)n1.Clc1nc2sc3cn2c1-3. The van der Waals surface area contributed by atoms with Crippen molar-refractivity contribution in [1.29, 1.82) is 0 Å². The number of aromatic nitrogens is 4. The third-order valence-corrected chi connectivity index (χ3v) is 4.56. The molecule has 0 aliphatic carbocycles. The summed E-state index contributed by atoms with van der Waals surface area (Å²) in [6, 6.07) is 0.270. The van der Waals surface area contributed by atoms with Crippen LogP contribution in [0.25, 0.3) is 15.5 Å². The van der Waals surface area contributed by atoms with Crippen molar-refractivity contribution < 1.29 is 22.7 Å². The zero-order valence-electron chi connectivity index (χ0n) is 13.1. The maximum absolute atomic E-state index is 11.0. The molecule has 26 heavy (non-hydrogen) atoms. The van der Waals surface area contributed by atoms with Crippen LogP contribution in [-0.4, -0.2) is 48.0 Å². The zero-order valence-corrected chi connectivity index (χ0v) is 15.5. The van der Waals surface area contributed by atoms with Crippen LogP contribution in [0.5, 0.6) is 11.8 Å². The second kappa shape index (κ2) is 7.23. The molecule has 11 nitrogen and oxygen atoms in total. The number of nitrogens with one attached hydrogen (secondary N) is 1. The van der Waals surface area contributed by atoms with E-state index >= 15 is 0 Å². The van der Waals surface area contributed by atoms with Crippen molar-refractivity contribution in [1.82, 2.24) is 19.4 Å². The largest absolute Gasteiger partial charge is 0.481 e. The van der Waals surface area contributed by atoms with E-state index in [0.717, 1.165) is 10.7 Å². The minimum Gasteiger partial charge on any atom is -0.481 e. The van der Waals surface area contributed by atoms with Crippen LogP contribution in [0, 0.1) is 0 Å². The van der Waals surface area contributed by atoms with Gasteiger partial charge in [-0.2, -0.15) is 18.4 Å². The lowest BCUT2D eigenvalue weighted by molar-refractivity contribution is 0.259. The highest BCUT2D eigenvalue weighted by Gasteiger charge is 2.24. The lowest BCUT2D eigenvalue weighted by Crippen LogP contribution is -2.10. The molecule has 0 saturated heterocycles. The number of hydrogen-bond donors (Lipinski definition) is 1. The summed E-state index contributed by atoms with van der Waals surface area (Å²) in [6.45, 7) is 0.